The van der Waals surface area contributed by atoms with E-state index >= 15 is 0 Å². The number of hydrogen-bond acceptors (Lipinski definition) is 4. The molecule has 0 unspecified atom stereocenters. The minimum atomic E-state index is -3.76. The van der Waals surface area contributed by atoms with Gasteiger partial charge in [-0.05, 0) is 49.2 Å². The lowest BCUT2D eigenvalue weighted by molar-refractivity contribution is 0.414. The summed E-state index contributed by atoms with van der Waals surface area (Å²) in [5, 5.41) is 0.505. The Morgan fingerprint density at radius 1 is 1.00 bits per heavy atom. The van der Waals surface area contributed by atoms with Gasteiger partial charge in [0.05, 0.1) is 24.8 Å². The summed E-state index contributed by atoms with van der Waals surface area (Å²) in [6, 6.07) is 7.99. The van der Waals surface area contributed by atoms with Gasteiger partial charge in [-0.3, -0.25) is 4.72 Å². The maximum atomic E-state index is 12.6. The van der Waals surface area contributed by atoms with Crippen LogP contribution in [0.15, 0.2) is 35.2 Å². The van der Waals surface area contributed by atoms with Crippen molar-refractivity contribution in [3.8, 4) is 11.5 Å². The molecule has 23 heavy (non-hydrogen) atoms. The molecular weight excluding hydrogens is 338 g/mol. The molecule has 0 amide bonds. The summed E-state index contributed by atoms with van der Waals surface area (Å²) in [5.74, 6) is 0.955. The number of anilines is 1. The number of hydrogen-bond donors (Lipinski definition) is 1. The molecule has 0 radical (unpaired) electrons. The summed E-state index contributed by atoms with van der Waals surface area (Å²) in [6.45, 7) is 3.50. The zero-order valence-electron chi connectivity index (χ0n) is 13.3. The molecule has 5 nitrogen and oxygen atoms in total. The fourth-order valence-electron chi connectivity index (χ4n) is 2.16. The third kappa shape index (κ3) is 3.71. The summed E-state index contributed by atoms with van der Waals surface area (Å²) >= 11 is 6.04. The summed E-state index contributed by atoms with van der Waals surface area (Å²) in [6.07, 6.45) is 0. The Morgan fingerprint density at radius 2 is 1.70 bits per heavy atom. The Hall–Kier alpha value is -1.92. The summed E-state index contributed by atoms with van der Waals surface area (Å²) < 4.78 is 38.1. The second kappa shape index (κ2) is 6.68. The molecule has 124 valence electrons. The first-order valence-electron chi connectivity index (χ1n) is 6.80. The van der Waals surface area contributed by atoms with Crippen molar-refractivity contribution in [2.24, 2.45) is 0 Å². The van der Waals surface area contributed by atoms with Crippen molar-refractivity contribution in [2.45, 2.75) is 18.7 Å². The zero-order chi connectivity index (χ0) is 17.2. The normalized spacial score (nSPS) is 11.2. The third-order valence-electron chi connectivity index (χ3n) is 3.40. The van der Waals surface area contributed by atoms with Crippen molar-refractivity contribution < 1.29 is 17.9 Å². The third-order valence-corrected chi connectivity index (χ3v) is 5.33. The lowest BCUT2D eigenvalue weighted by Gasteiger charge is -2.15. The molecule has 2 aromatic rings. The van der Waals surface area contributed by atoms with Gasteiger partial charge in [-0.15, -0.1) is 0 Å². The number of ether oxygens (including phenoxy) is 2. The van der Waals surface area contributed by atoms with Crippen LogP contribution in [0.2, 0.25) is 5.02 Å². The average molecular weight is 356 g/mol. The summed E-state index contributed by atoms with van der Waals surface area (Å²) in [4.78, 5) is 0.174. The van der Waals surface area contributed by atoms with Gasteiger partial charge in [-0.2, -0.15) is 0 Å². The highest BCUT2D eigenvalue weighted by molar-refractivity contribution is 7.92. The van der Waals surface area contributed by atoms with Gasteiger partial charge in [0.1, 0.15) is 11.5 Å². The van der Waals surface area contributed by atoms with Gasteiger partial charge in [0.15, 0.2) is 0 Å². The number of benzene rings is 2. The molecule has 0 saturated heterocycles. The van der Waals surface area contributed by atoms with Gasteiger partial charge in [0.25, 0.3) is 10.0 Å². The number of sulfonamides is 1. The molecule has 2 aromatic carbocycles. The number of nitrogens with one attached hydrogen (secondary N) is 1. The van der Waals surface area contributed by atoms with Gasteiger partial charge < -0.3 is 9.47 Å². The van der Waals surface area contributed by atoms with E-state index in [-0.39, 0.29) is 4.90 Å². The van der Waals surface area contributed by atoms with E-state index in [0.717, 1.165) is 5.56 Å². The van der Waals surface area contributed by atoms with Crippen molar-refractivity contribution in [3.05, 3.63) is 46.5 Å². The molecule has 0 aliphatic carbocycles. The standard InChI is InChI=1S/C16H18ClNO4S/c1-10-8-14(15(22-4)9-13(10)17)18-23(19,20)16-6-5-12(21-3)7-11(16)2/h5-9,18H,1-4H3. The van der Waals surface area contributed by atoms with Crippen molar-refractivity contribution in [1.82, 2.24) is 0 Å². The second-order valence-corrected chi connectivity index (χ2v) is 7.10. The van der Waals surface area contributed by atoms with E-state index < -0.39 is 10.0 Å². The highest BCUT2D eigenvalue weighted by atomic mass is 35.5. The van der Waals surface area contributed by atoms with Crippen LogP contribution in [-0.4, -0.2) is 22.6 Å². The lowest BCUT2D eigenvalue weighted by atomic mass is 10.2. The Balaban J connectivity index is 2.45. The quantitative estimate of drug-likeness (QED) is 0.886. The molecule has 0 aromatic heterocycles. The Morgan fingerprint density at radius 3 is 2.26 bits per heavy atom. The molecule has 0 heterocycles. The number of methoxy groups -OCH3 is 2. The smallest absolute Gasteiger partial charge is 0.262 e. The average Bonchev–Trinajstić information content (AvgIpc) is 2.49. The lowest BCUT2D eigenvalue weighted by Crippen LogP contribution is -2.15. The van der Waals surface area contributed by atoms with E-state index in [4.69, 9.17) is 21.1 Å². The van der Waals surface area contributed by atoms with Gasteiger partial charge in [-0.1, -0.05) is 11.6 Å². The molecule has 1 N–H and O–H groups in total. The SMILES string of the molecule is COc1ccc(S(=O)(=O)Nc2cc(C)c(Cl)cc2OC)c(C)c1. The van der Waals surface area contributed by atoms with Crippen molar-refractivity contribution >= 4 is 27.3 Å². The van der Waals surface area contributed by atoms with E-state index in [1.54, 1.807) is 38.1 Å². The molecule has 0 saturated carbocycles. The van der Waals surface area contributed by atoms with Crippen LogP contribution in [0.3, 0.4) is 0 Å². The largest absolute Gasteiger partial charge is 0.497 e. The van der Waals surface area contributed by atoms with Gasteiger partial charge in [0, 0.05) is 11.1 Å². The number of halogens is 1. The number of aryl methyl sites for hydroxylation is 2. The molecule has 0 spiro atoms. The Labute approximate surface area is 141 Å². The molecular formula is C16H18ClNO4S. The van der Waals surface area contributed by atoms with E-state index in [0.29, 0.717) is 27.8 Å². The monoisotopic (exact) mass is 355 g/mol. The molecule has 0 fully saturated rings. The first-order chi connectivity index (χ1) is 10.8. The van der Waals surface area contributed by atoms with Crippen LogP contribution in [0.4, 0.5) is 5.69 Å². The highest BCUT2D eigenvalue weighted by Crippen LogP contribution is 2.33. The van der Waals surface area contributed by atoms with Crippen molar-refractivity contribution in [1.29, 1.82) is 0 Å². The predicted octanol–water partition coefficient (Wildman–Crippen LogP) is 3.77. The van der Waals surface area contributed by atoms with Crippen LogP contribution in [0.5, 0.6) is 11.5 Å². The minimum absolute atomic E-state index is 0.174. The fourth-order valence-corrected chi connectivity index (χ4v) is 3.60. The maximum Gasteiger partial charge on any atom is 0.262 e. The molecule has 0 bridgehead atoms. The fraction of sp³-hybridized carbons (Fsp3) is 0.250. The van der Waals surface area contributed by atoms with Crippen LogP contribution in [0.1, 0.15) is 11.1 Å². The topological polar surface area (TPSA) is 64.6 Å². The summed E-state index contributed by atoms with van der Waals surface area (Å²) in [5.41, 5.74) is 1.67. The van der Waals surface area contributed by atoms with Crippen LogP contribution in [-0.2, 0) is 10.0 Å². The van der Waals surface area contributed by atoms with Crippen molar-refractivity contribution in [2.75, 3.05) is 18.9 Å². The molecule has 0 aliphatic heterocycles. The molecule has 2 rings (SSSR count). The van der Waals surface area contributed by atoms with Gasteiger partial charge in [0.2, 0.25) is 0 Å². The van der Waals surface area contributed by atoms with E-state index in [1.807, 2.05) is 0 Å². The second-order valence-electron chi connectivity index (χ2n) is 5.04. The Bertz CT molecular complexity index is 834. The highest BCUT2D eigenvalue weighted by Gasteiger charge is 2.20. The van der Waals surface area contributed by atoms with E-state index in [1.165, 1.54) is 20.3 Å². The van der Waals surface area contributed by atoms with Crippen LogP contribution < -0.4 is 14.2 Å². The first kappa shape index (κ1) is 17.4. The van der Waals surface area contributed by atoms with Gasteiger partial charge in [-0.25, -0.2) is 8.42 Å². The number of rotatable bonds is 5. The van der Waals surface area contributed by atoms with Crippen LogP contribution >= 0.6 is 11.6 Å². The predicted molar refractivity (Wildman–Crippen MR) is 91.3 cm³/mol. The summed E-state index contributed by atoms with van der Waals surface area (Å²) in [7, 11) is -0.774. The van der Waals surface area contributed by atoms with Crippen LogP contribution in [0, 0.1) is 13.8 Å². The van der Waals surface area contributed by atoms with Crippen LogP contribution in [0.25, 0.3) is 0 Å². The van der Waals surface area contributed by atoms with E-state index in [2.05, 4.69) is 4.72 Å². The Kier molecular flexibility index (Phi) is 5.06. The van der Waals surface area contributed by atoms with Gasteiger partial charge >= 0.3 is 0 Å². The van der Waals surface area contributed by atoms with E-state index in [9.17, 15) is 8.42 Å². The molecule has 0 aliphatic rings. The van der Waals surface area contributed by atoms with Crippen molar-refractivity contribution in [3.63, 3.8) is 0 Å². The maximum absolute atomic E-state index is 12.6. The first-order valence-corrected chi connectivity index (χ1v) is 8.66. The minimum Gasteiger partial charge on any atom is -0.497 e. The molecule has 7 heteroatoms. The zero-order valence-corrected chi connectivity index (χ0v) is 14.9. The molecule has 0 atom stereocenters.